The highest BCUT2D eigenvalue weighted by atomic mass is 19.1. The third kappa shape index (κ3) is 2.41. The molecule has 0 radical (unpaired) electrons. The Morgan fingerprint density at radius 3 is 2.63 bits per heavy atom. The van der Waals surface area contributed by atoms with Gasteiger partial charge in [-0.3, -0.25) is 0 Å². The smallest absolute Gasteiger partial charge is 0.123 e. The lowest BCUT2D eigenvalue weighted by atomic mass is 9.98. The lowest BCUT2D eigenvalue weighted by Crippen LogP contribution is -2.41. The summed E-state index contributed by atoms with van der Waals surface area (Å²) in [6.07, 6.45) is 1.01. The van der Waals surface area contributed by atoms with E-state index in [-0.39, 0.29) is 5.82 Å². The van der Waals surface area contributed by atoms with E-state index in [2.05, 4.69) is 41.5 Å². The molecule has 0 aliphatic carbocycles. The zero-order valence-electron chi connectivity index (χ0n) is 10.9. The van der Waals surface area contributed by atoms with Crippen LogP contribution in [0.25, 0.3) is 0 Å². The maximum Gasteiger partial charge on any atom is 0.123 e. The molecule has 19 heavy (non-hydrogen) atoms. The fourth-order valence-corrected chi connectivity index (χ4v) is 2.59. The molecule has 2 aromatic carbocycles. The zero-order valence-corrected chi connectivity index (χ0v) is 10.9. The van der Waals surface area contributed by atoms with Gasteiger partial charge < -0.3 is 10.2 Å². The first-order valence-corrected chi connectivity index (χ1v) is 6.54. The average Bonchev–Trinajstić information content (AvgIpc) is 2.47. The van der Waals surface area contributed by atoms with Crippen LogP contribution < -0.4 is 10.2 Å². The molecule has 0 saturated heterocycles. The van der Waals surface area contributed by atoms with Gasteiger partial charge >= 0.3 is 0 Å². The van der Waals surface area contributed by atoms with Gasteiger partial charge in [0.05, 0.1) is 0 Å². The van der Waals surface area contributed by atoms with Crippen LogP contribution in [-0.4, -0.2) is 19.6 Å². The highest BCUT2D eigenvalue weighted by molar-refractivity contribution is 5.56. The van der Waals surface area contributed by atoms with Crippen molar-refractivity contribution in [3.05, 3.63) is 59.9 Å². The summed E-state index contributed by atoms with van der Waals surface area (Å²) in [6, 6.07) is 15.5. The molecule has 1 atom stereocenters. The maximum atomic E-state index is 13.0. The van der Waals surface area contributed by atoms with Crippen LogP contribution in [0.15, 0.2) is 48.5 Å². The Bertz CT molecular complexity index is 565. The summed E-state index contributed by atoms with van der Waals surface area (Å²) in [7, 11) is 2.06. The lowest BCUT2D eigenvalue weighted by molar-refractivity contribution is 0.621. The van der Waals surface area contributed by atoms with Crippen molar-refractivity contribution in [2.24, 2.45) is 0 Å². The van der Waals surface area contributed by atoms with Gasteiger partial charge in [0.15, 0.2) is 0 Å². The van der Waals surface area contributed by atoms with E-state index in [1.165, 1.54) is 23.4 Å². The van der Waals surface area contributed by atoms with Gasteiger partial charge in [-0.1, -0.05) is 18.2 Å². The first kappa shape index (κ1) is 12.0. The van der Waals surface area contributed by atoms with Crippen LogP contribution in [0.3, 0.4) is 0 Å². The highest BCUT2D eigenvalue weighted by Crippen LogP contribution is 2.25. The van der Waals surface area contributed by atoms with Gasteiger partial charge in [-0.2, -0.15) is 0 Å². The number of rotatable bonds is 2. The number of hydrogen-bond donors (Lipinski definition) is 1. The Balaban J connectivity index is 1.79. The van der Waals surface area contributed by atoms with E-state index in [4.69, 9.17) is 0 Å². The summed E-state index contributed by atoms with van der Waals surface area (Å²) in [5.41, 5.74) is 3.62. The molecule has 0 bridgehead atoms. The summed E-state index contributed by atoms with van der Waals surface area (Å²) in [6.45, 7) is 0.908. The minimum Gasteiger partial charge on any atom is -0.383 e. The molecule has 98 valence electrons. The van der Waals surface area contributed by atoms with Crippen molar-refractivity contribution in [2.45, 2.75) is 12.5 Å². The second kappa shape index (κ2) is 4.92. The van der Waals surface area contributed by atoms with Gasteiger partial charge in [-0.05, 0) is 42.3 Å². The van der Waals surface area contributed by atoms with E-state index in [0.717, 1.165) is 18.7 Å². The number of anilines is 2. The molecule has 3 heteroatoms. The number of para-hydroxylation sites is 1. The van der Waals surface area contributed by atoms with Crippen LogP contribution in [0.5, 0.6) is 0 Å². The van der Waals surface area contributed by atoms with Crippen molar-refractivity contribution in [1.29, 1.82) is 0 Å². The highest BCUT2D eigenvalue weighted by Gasteiger charge is 2.21. The van der Waals surface area contributed by atoms with E-state index in [1.54, 1.807) is 0 Å². The molecule has 2 aromatic rings. The number of likely N-dealkylation sites (N-methyl/N-ethyl adjacent to an activating group) is 1. The van der Waals surface area contributed by atoms with E-state index < -0.39 is 0 Å². The summed E-state index contributed by atoms with van der Waals surface area (Å²) in [5, 5.41) is 3.46. The normalized spacial score (nSPS) is 17.5. The molecule has 0 saturated carbocycles. The molecule has 1 N–H and O–H groups in total. The minimum atomic E-state index is -0.190. The average molecular weight is 256 g/mol. The Labute approximate surface area is 112 Å². The number of benzene rings is 2. The second-order valence-corrected chi connectivity index (χ2v) is 4.98. The largest absolute Gasteiger partial charge is 0.383 e. The third-order valence-electron chi connectivity index (χ3n) is 3.78. The predicted molar refractivity (Wildman–Crippen MR) is 77.2 cm³/mol. The van der Waals surface area contributed by atoms with Gasteiger partial charge in [0.1, 0.15) is 5.82 Å². The van der Waals surface area contributed by atoms with E-state index in [1.807, 2.05) is 12.1 Å². The number of hydrogen-bond acceptors (Lipinski definition) is 2. The Kier molecular flexibility index (Phi) is 3.11. The molecule has 0 fully saturated rings. The van der Waals surface area contributed by atoms with Crippen molar-refractivity contribution in [1.82, 2.24) is 0 Å². The molecule has 1 aliphatic heterocycles. The van der Waals surface area contributed by atoms with Crippen LogP contribution in [-0.2, 0) is 6.42 Å². The summed E-state index contributed by atoms with van der Waals surface area (Å²) < 4.78 is 13.0. The van der Waals surface area contributed by atoms with Gasteiger partial charge in [0.25, 0.3) is 0 Å². The SMILES string of the molecule is CN(c1ccc(F)cc1)C1CNc2ccccc2C1. The van der Waals surface area contributed by atoms with Gasteiger partial charge in [-0.15, -0.1) is 0 Å². The van der Waals surface area contributed by atoms with Crippen LogP contribution >= 0.6 is 0 Å². The van der Waals surface area contributed by atoms with Crippen LogP contribution in [0, 0.1) is 5.82 Å². The number of nitrogens with one attached hydrogen (secondary N) is 1. The Morgan fingerprint density at radius 1 is 1.11 bits per heavy atom. The molecule has 0 aromatic heterocycles. The predicted octanol–water partition coefficient (Wildman–Crippen LogP) is 3.30. The van der Waals surface area contributed by atoms with E-state index >= 15 is 0 Å². The molecule has 1 heterocycles. The number of nitrogens with zero attached hydrogens (tertiary/aromatic N) is 1. The molecule has 2 nitrogen and oxygen atoms in total. The number of halogens is 1. The minimum absolute atomic E-state index is 0.190. The monoisotopic (exact) mass is 256 g/mol. The maximum absolute atomic E-state index is 13.0. The molecule has 3 rings (SSSR count). The second-order valence-electron chi connectivity index (χ2n) is 4.98. The summed E-state index contributed by atoms with van der Waals surface area (Å²) in [5.74, 6) is -0.190. The molecular weight excluding hydrogens is 239 g/mol. The Morgan fingerprint density at radius 2 is 1.84 bits per heavy atom. The summed E-state index contributed by atoms with van der Waals surface area (Å²) >= 11 is 0. The lowest BCUT2D eigenvalue weighted by Gasteiger charge is -2.34. The summed E-state index contributed by atoms with van der Waals surface area (Å²) in [4.78, 5) is 2.21. The standard InChI is InChI=1S/C16H17FN2/c1-19(14-8-6-13(17)7-9-14)15-10-12-4-2-3-5-16(12)18-11-15/h2-9,15,18H,10-11H2,1H3. The van der Waals surface area contributed by atoms with Gasteiger partial charge in [-0.25, -0.2) is 4.39 Å². The molecule has 1 unspecified atom stereocenters. The van der Waals surface area contributed by atoms with Crippen molar-refractivity contribution in [2.75, 3.05) is 23.8 Å². The van der Waals surface area contributed by atoms with Crippen molar-refractivity contribution in [3.8, 4) is 0 Å². The van der Waals surface area contributed by atoms with E-state index in [9.17, 15) is 4.39 Å². The molecule has 0 spiro atoms. The van der Waals surface area contributed by atoms with Crippen LogP contribution in [0.4, 0.5) is 15.8 Å². The topological polar surface area (TPSA) is 15.3 Å². The van der Waals surface area contributed by atoms with Crippen molar-refractivity contribution in [3.63, 3.8) is 0 Å². The molecule has 1 aliphatic rings. The first-order valence-electron chi connectivity index (χ1n) is 6.54. The van der Waals surface area contributed by atoms with Crippen LogP contribution in [0.1, 0.15) is 5.56 Å². The fraction of sp³-hybridized carbons (Fsp3) is 0.250. The fourth-order valence-electron chi connectivity index (χ4n) is 2.59. The van der Waals surface area contributed by atoms with Gasteiger partial charge in [0, 0.05) is 31.0 Å². The quantitative estimate of drug-likeness (QED) is 0.887. The molecule has 0 amide bonds. The molecular formula is C16H17FN2. The van der Waals surface area contributed by atoms with Gasteiger partial charge in [0.2, 0.25) is 0 Å². The third-order valence-corrected chi connectivity index (χ3v) is 3.78. The van der Waals surface area contributed by atoms with E-state index in [0.29, 0.717) is 6.04 Å². The van der Waals surface area contributed by atoms with Crippen molar-refractivity contribution < 1.29 is 4.39 Å². The first-order chi connectivity index (χ1) is 9.24. The number of fused-ring (bicyclic) bond motifs is 1. The Hall–Kier alpha value is -2.03. The van der Waals surface area contributed by atoms with Crippen LogP contribution in [0.2, 0.25) is 0 Å². The van der Waals surface area contributed by atoms with Crippen molar-refractivity contribution >= 4 is 11.4 Å². The zero-order chi connectivity index (χ0) is 13.2.